The van der Waals surface area contributed by atoms with Crippen LogP contribution in [-0.2, 0) is 13.4 Å². The van der Waals surface area contributed by atoms with Crippen LogP contribution in [0.15, 0.2) is 0 Å². The molecule has 0 aromatic heterocycles. The molecule has 5 nitrogen and oxygen atoms in total. The number of rotatable bonds is 2. The molecule has 4 unspecified atom stereocenters. The fraction of sp³-hybridized carbons (Fsp3) is 1.00. The van der Waals surface area contributed by atoms with Gasteiger partial charge in [0.25, 0.3) is 0 Å². The molecule has 0 radical (unpaired) electrons. The van der Waals surface area contributed by atoms with Crippen molar-refractivity contribution in [1.29, 1.82) is 0 Å². The number of hydrogen-bond donors (Lipinski definition) is 2. The third-order valence-corrected chi connectivity index (χ3v) is 4.79. The topological polar surface area (TPSA) is 83.8 Å². The Bertz CT molecular complexity index is 234. The molecule has 0 bridgehead atoms. The van der Waals surface area contributed by atoms with Crippen molar-refractivity contribution in [2.75, 3.05) is 0 Å². The molecule has 0 aliphatic heterocycles. The largest absolute Gasteiger partial charge is 0.326 e. The van der Waals surface area contributed by atoms with Crippen LogP contribution in [0.2, 0.25) is 0 Å². The summed E-state index contributed by atoms with van der Waals surface area (Å²) in [6, 6.07) is 0. The van der Waals surface area contributed by atoms with Crippen LogP contribution >= 0.6 is 16.5 Å². The first-order valence-electron chi connectivity index (χ1n) is 5.73. The van der Waals surface area contributed by atoms with Crippen LogP contribution in [0.5, 0.6) is 0 Å². The van der Waals surface area contributed by atoms with E-state index in [0.717, 1.165) is 0 Å². The Balaban J connectivity index is 0.000000168. The Labute approximate surface area is 97.1 Å². The molecule has 0 amide bonds. The first kappa shape index (κ1) is 14.4. The molecule has 96 valence electrons. The minimum atomic E-state index is -3.20. The first-order chi connectivity index (χ1) is 7.59. The highest BCUT2D eigenvalue weighted by Gasteiger charge is 2.28. The van der Waals surface area contributed by atoms with Crippen molar-refractivity contribution in [2.45, 2.75) is 44.9 Å². The van der Waals surface area contributed by atoms with E-state index in [1.54, 1.807) is 25.7 Å². The van der Waals surface area contributed by atoms with Gasteiger partial charge in [-0.3, -0.25) is 9.13 Å². The summed E-state index contributed by atoms with van der Waals surface area (Å²) in [6.45, 7) is 0. The summed E-state index contributed by atoms with van der Waals surface area (Å²) in [6.07, 6.45) is 10.8. The van der Waals surface area contributed by atoms with Crippen molar-refractivity contribution in [3.8, 4) is 0 Å². The van der Waals surface area contributed by atoms with Gasteiger partial charge in [0.05, 0.1) is 0 Å². The third kappa shape index (κ3) is 5.60. The smallest absolute Gasteiger partial charge is 0.323 e. The van der Waals surface area contributed by atoms with Crippen LogP contribution in [0.3, 0.4) is 0 Å². The van der Waals surface area contributed by atoms with E-state index >= 15 is 0 Å². The molecule has 2 saturated carbocycles. The Hall–Kier alpha value is 0.340. The van der Waals surface area contributed by atoms with E-state index in [4.69, 9.17) is 9.79 Å². The lowest BCUT2D eigenvalue weighted by molar-refractivity contribution is 0.277. The molecular formula is C9H20O5P2. The Morgan fingerprint density at radius 3 is 1.50 bits per heavy atom. The summed E-state index contributed by atoms with van der Waals surface area (Å²) in [4.78, 5) is 15.4. The molecule has 2 fully saturated rings. The predicted octanol–water partition coefficient (Wildman–Crippen LogP) is 2.74. The molecule has 0 spiro atoms. The summed E-state index contributed by atoms with van der Waals surface area (Å²) < 4.78 is 22.3. The SMILES string of the molecule is C1CCC2CCCC2C1.O=[PH](O)O[PH](=O)O. The van der Waals surface area contributed by atoms with Gasteiger partial charge in [-0.1, -0.05) is 44.9 Å². The second-order valence-corrected chi connectivity index (χ2v) is 6.25. The average molecular weight is 270 g/mol. The van der Waals surface area contributed by atoms with Gasteiger partial charge >= 0.3 is 16.5 Å². The fourth-order valence-corrected chi connectivity index (χ4v) is 3.36. The fourth-order valence-electron chi connectivity index (χ4n) is 2.76. The van der Waals surface area contributed by atoms with Crippen LogP contribution < -0.4 is 0 Å². The third-order valence-electron chi connectivity index (χ3n) is 3.39. The number of fused-ring (bicyclic) bond motifs is 1. The summed E-state index contributed by atoms with van der Waals surface area (Å²) in [5.41, 5.74) is 0. The van der Waals surface area contributed by atoms with Gasteiger partial charge in [0, 0.05) is 0 Å². The lowest BCUT2D eigenvalue weighted by Crippen LogP contribution is -2.12. The summed E-state index contributed by atoms with van der Waals surface area (Å²) in [7, 11) is -6.40. The van der Waals surface area contributed by atoms with Gasteiger partial charge in [0.1, 0.15) is 0 Å². The summed E-state index contributed by atoms with van der Waals surface area (Å²) in [5, 5.41) is 0. The normalized spacial score (nSPS) is 32.1. The molecular weight excluding hydrogens is 250 g/mol. The molecule has 0 heterocycles. The van der Waals surface area contributed by atoms with Crippen molar-refractivity contribution < 1.29 is 23.2 Å². The van der Waals surface area contributed by atoms with E-state index < -0.39 is 16.5 Å². The van der Waals surface area contributed by atoms with Crippen LogP contribution in [0.4, 0.5) is 0 Å². The second kappa shape index (κ2) is 7.62. The predicted molar refractivity (Wildman–Crippen MR) is 62.8 cm³/mol. The van der Waals surface area contributed by atoms with Gasteiger partial charge in [0.15, 0.2) is 0 Å². The summed E-state index contributed by atoms with van der Waals surface area (Å²) in [5.74, 6) is 2.33. The standard InChI is InChI=1S/C9H16.H4O5P2/c1-2-5-9-7-3-6-8(9)4-1;1-6(2)5-7(3)4/h8-9H,1-7H2;6-7H,(H,1,2)(H,3,4). The van der Waals surface area contributed by atoms with Crippen LogP contribution in [-0.4, -0.2) is 9.79 Å². The van der Waals surface area contributed by atoms with Gasteiger partial charge in [0.2, 0.25) is 0 Å². The zero-order valence-corrected chi connectivity index (χ0v) is 11.2. The lowest BCUT2D eigenvalue weighted by Gasteiger charge is -2.24. The molecule has 2 aliphatic rings. The Morgan fingerprint density at radius 1 is 0.812 bits per heavy atom. The zero-order valence-electron chi connectivity index (χ0n) is 9.22. The van der Waals surface area contributed by atoms with Gasteiger partial charge in [-0.15, -0.1) is 0 Å². The van der Waals surface area contributed by atoms with Gasteiger partial charge in [-0.25, -0.2) is 4.31 Å². The van der Waals surface area contributed by atoms with Crippen molar-refractivity contribution in [3.63, 3.8) is 0 Å². The van der Waals surface area contributed by atoms with E-state index in [0.29, 0.717) is 0 Å². The van der Waals surface area contributed by atoms with E-state index in [9.17, 15) is 9.13 Å². The highest BCUT2D eigenvalue weighted by Crippen LogP contribution is 2.41. The molecule has 4 atom stereocenters. The van der Waals surface area contributed by atoms with E-state index in [1.165, 1.54) is 31.1 Å². The lowest BCUT2D eigenvalue weighted by atomic mass is 9.82. The molecule has 2 rings (SSSR count). The van der Waals surface area contributed by atoms with E-state index in [1.807, 2.05) is 0 Å². The molecule has 0 saturated heterocycles. The van der Waals surface area contributed by atoms with Gasteiger partial charge in [-0.2, -0.15) is 0 Å². The van der Waals surface area contributed by atoms with Crippen molar-refractivity contribution >= 4 is 16.5 Å². The maximum absolute atomic E-state index is 9.44. The summed E-state index contributed by atoms with van der Waals surface area (Å²) >= 11 is 0. The van der Waals surface area contributed by atoms with Crippen LogP contribution in [0.25, 0.3) is 0 Å². The number of hydrogen-bond acceptors (Lipinski definition) is 3. The van der Waals surface area contributed by atoms with Crippen LogP contribution in [0, 0.1) is 11.8 Å². The molecule has 7 heteroatoms. The molecule has 0 aromatic carbocycles. The Morgan fingerprint density at radius 2 is 1.19 bits per heavy atom. The highest BCUT2D eigenvalue weighted by molar-refractivity contribution is 7.46. The van der Waals surface area contributed by atoms with Crippen molar-refractivity contribution in [1.82, 2.24) is 0 Å². The van der Waals surface area contributed by atoms with Crippen molar-refractivity contribution in [2.24, 2.45) is 11.8 Å². The zero-order chi connectivity index (χ0) is 12.0. The second-order valence-electron chi connectivity index (χ2n) is 4.37. The quantitative estimate of drug-likeness (QED) is 0.754. The van der Waals surface area contributed by atoms with Gasteiger partial charge in [-0.05, 0) is 11.8 Å². The average Bonchev–Trinajstić information content (AvgIpc) is 2.63. The monoisotopic (exact) mass is 270 g/mol. The maximum atomic E-state index is 9.44. The molecule has 16 heavy (non-hydrogen) atoms. The van der Waals surface area contributed by atoms with E-state index in [-0.39, 0.29) is 0 Å². The Kier molecular flexibility index (Phi) is 6.86. The molecule has 2 aliphatic carbocycles. The highest BCUT2D eigenvalue weighted by atomic mass is 31.2. The molecule has 2 N–H and O–H groups in total. The van der Waals surface area contributed by atoms with Gasteiger partial charge < -0.3 is 9.79 Å². The minimum absolute atomic E-state index is 1.17. The van der Waals surface area contributed by atoms with Crippen LogP contribution in [0.1, 0.15) is 44.9 Å². The first-order valence-corrected chi connectivity index (χ1v) is 8.26. The van der Waals surface area contributed by atoms with Crippen molar-refractivity contribution in [3.05, 3.63) is 0 Å². The minimum Gasteiger partial charge on any atom is -0.326 e. The van der Waals surface area contributed by atoms with E-state index in [2.05, 4.69) is 4.31 Å². The maximum Gasteiger partial charge on any atom is 0.323 e. The molecule has 0 aromatic rings.